The molecule has 0 saturated heterocycles. The van der Waals surface area contributed by atoms with Gasteiger partial charge in [-0.05, 0) is 92.2 Å². The average Bonchev–Trinajstić information content (AvgIpc) is 3.44. The lowest BCUT2D eigenvalue weighted by atomic mass is 10.1. The Kier molecular flexibility index (Phi) is 10.4. The molecule has 3 amide bonds. The van der Waals surface area contributed by atoms with Gasteiger partial charge in [-0.3, -0.25) is 14.4 Å². The third-order valence-corrected chi connectivity index (χ3v) is 8.86. The molecule has 3 N–H and O–H groups in total. The summed E-state index contributed by atoms with van der Waals surface area (Å²) in [4.78, 5) is 40.3. The summed E-state index contributed by atoms with van der Waals surface area (Å²) in [5, 5.41) is 10.9. The lowest BCUT2D eigenvalue weighted by molar-refractivity contribution is -0.114. The van der Waals surface area contributed by atoms with Crippen LogP contribution in [0.1, 0.15) is 29.8 Å². The zero-order valence-corrected chi connectivity index (χ0v) is 28.1. The highest BCUT2D eigenvalue weighted by molar-refractivity contribution is 8.00. The van der Waals surface area contributed by atoms with Gasteiger partial charge in [0.2, 0.25) is 5.91 Å². The summed E-state index contributed by atoms with van der Waals surface area (Å²) in [7, 11) is 0. The van der Waals surface area contributed by atoms with Crippen LogP contribution in [0.25, 0.3) is 27.9 Å². The fourth-order valence-corrected chi connectivity index (χ4v) is 6.37. The van der Waals surface area contributed by atoms with Crippen LogP contribution in [0.15, 0.2) is 132 Å². The highest BCUT2D eigenvalue weighted by atomic mass is 32.2. The molecule has 0 aliphatic heterocycles. The molecule has 1 aromatic heterocycles. The van der Waals surface area contributed by atoms with Gasteiger partial charge in [0.15, 0.2) is 0 Å². The molecule has 9 heteroatoms. The van der Waals surface area contributed by atoms with E-state index < -0.39 is 11.8 Å². The quantitative estimate of drug-likeness (QED) is 0.0899. The molecule has 6 rings (SSSR count). The van der Waals surface area contributed by atoms with Crippen LogP contribution in [0.3, 0.4) is 0 Å². The number of amides is 3. The number of rotatable bonds is 12. The smallest absolute Gasteiger partial charge is 0.272 e. The first-order valence-electron chi connectivity index (χ1n) is 16.1. The standard InChI is InChI=1S/C40H36N4O4S/c1-3-44-36-16-9-8-15-33(36)34-25-30(19-22-37(34)44)41-38(45)26-49-32-14-10-13-29(24-32)42-40(47)35(43-39(46)28-11-6-5-7-12-28)23-27-17-20-31(21-18-27)48-4-2/h5-25H,3-4,26H2,1-2H3,(H,41,45)(H,42,47)(H,43,46)/b35-23+. The Morgan fingerprint density at radius 2 is 1.47 bits per heavy atom. The van der Waals surface area contributed by atoms with Gasteiger partial charge in [-0.15, -0.1) is 11.8 Å². The SMILES string of the molecule is CCOc1ccc(/C=C(/NC(=O)c2ccccc2)C(=O)Nc2cccc(SCC(=O)Nc3ccc4c(c3)c3ccccc3n4CC)c2)cc1. The summed E-state index contributed by atoms with van der Waals surface area (Å²) in [5.41, 5.74) is 4.79. The third-order valence-electron chi connectivity index (χ3n) is 7.87. The van der Waals surface area contributed by atoms with Crippen LogP contribution in [-0.4, -0.2) is 34.6 Å². The summed E-state index contributed by atoms with van der Waals surface area (Å²) in [6.07, 6.45) is 1.62. The van der Waals surface area contributed by atoms with Crippen LogP contribution < -0.4 is 20.7 Å². The Labute approximate surface area is 289 Å². The second kappa shape index (κ2) is 15.4. The van der Waals surface area contributed by atoms with Crippen molar-refractivity contribution in [1.29, 1.82) is 0 Å². The lowest BCUT2D eigenvalue weighted by Gasteiger charge is -2.12. The first-order valence-corrected chi connectivity index (χ1v) is 17.1. The van der Waals surface area contributed by atoms with Gasteiger partial charge in [-0.1, -0.05) is 54.6 Å². The number of aryl methyl sites for hydroxylation is 1. The molecule has 0 fully saturated rings. The molecule has 0 atom stereocenters. The number of carbonyl (C=O) groups is 3. The van der Waals surface area contributed by atoms with E-state index in [1.807, 2.05) is 73.7 Å². The zero-order chi connectivity index (χ0) is 34.2. The van der Waals surface area contributed by atoms with E-state index in [-0.39, 0.29) is 17.4 Å². The van der Waals surface area contributed by atoms with Gasteiger partial charge in [0.25, 0.3) is 11.8 Å². The second-order valence-electron chi connectivity index (χ2n) is 11.2. The van der Waals surface area contributed by atoms with Gasteiger partial charge >= 0.3 is 0 Å². The van der Waals surface area contributed by atoms with Crippen molar-refractivity contribution < 1.29 is 19.1 Å². The number of nitrogens with one attached hydrogen (secondary N) is 3. The van der Waals surface area contributed by atoms with Gasteiger partial charge in [0.1, 0.15) is 11.4 Å². The fraction of sp³-hybridized carbons (Fsp3) is 0.125. The van der Waals surface area contributed by atoms with E-state index in [2.05, 4.69) is 45.6 Å². The molecule has 8 nitrogen and oxygen atoms in total. The number of carbonyl (C=O) groups excluding carboxylic acids is 3. The summed E-state index contributed by atoms with van der Waals surface area (Å²) in [5.74, 6) is -0.135. The van der Waals surface area contributed by atoms with Crippen LogP contribution in [0.4, 0.5) is 11.4 Å². The van der Waals surface area contributed by atoms with E-state index in [4.69, 9.17) is 4.74 Å². The fourth-order valence-electron chi connectivity index (χ4n) is 5.62. The third kappa shape index (κ3) is 8.02. The van der Waals surface area contributed by atoms with Gasteiger partial charge in [0, 0.05) is 50.2 Å². The molecule has 6 aromatic rings. The predicted molar refractivity (Wildman–Crippen MR) is 199 cm³/mol. The Balaban J connectivity index is 1.13. The van der Waals surface area contributed by atoms with Crippen molar-refractivity contribution in [2.24, 2.45) is 0 Å². The first-order chi connectivity index (χ1) is 23.9. The molecule has 5 aromatic carbocycles. The molecule has 0 unspecified atom stereocenters. The van der Waals surface area contributed by atoms with E-state index in [0.717, 1.165) is 33.4 Å². The van der Waals surface area contributed by atoms with E-state index in [0.29, 0.717) is 29.2 Å². The Bertz CT molecular complexity index is 2160. The van der Waals surface area contributed by atoms with E-state index in [1.165, 1.54) is 17.3 Å². The summed E-state index contributed by atoms with van der Waals surface area (Å²) in [6, 6.07) is 37.5. The van der Waals surface area contributed by atoms with Crippen LogP contribution in [0.2, 0.25) is 0 Å². The maximum absolute atomic E-state index is 13.5. The van der Waals surface area contributed by atoms with Crippen molar-refractivity contribution in [2.75, 3.05) is 23.0 Å². The number of para-hydroxylation sites is 1. The summed E-state index contributed by atoms with van der Waals surface area (Å²) >= 11 is 1.36. The molecular formula is C40H36N4O4S. The first kappa shape index (κ1) is 33.1. The summed E-state index contributed by atoms with van der Waals surface area (Å²) in [6.45, 7) is 5.43. The van der Waals surface area contributed by atoms with Crippen molar-refractivity contribution in [3.8, 4) is 5.75 Å². The predicted octanol–water partition coefficient (Wildman–Crippen LogP) is 8.35. The molecule has 49 heavy (non-hydrogen) atoms. The molecule has 0 aliphatic carbocycles. The number of anilines is 2. The molecule has 0 radical (unpaired) electrons. The highest BCUT2D eigenvalue weighted by Crippen LogP contribution is 2.31. The Morgan fingerprint density at radius 3 is 2.24 bits per heavy atom. The van der Waals surface area contributed by atoms with Crippen LogP contribution in [-0.2, 0) is 16.1 Å². The molecule has 0 aliphatic rings. The Hall–Kier alpha value is -5.80. The number of benzene rings is 5. The van der Waals surface area contributed by atoms with Gasteiger partial charge in [-0.25, -0.2) is 0 Å². The van der Waals surface area contributed by atoms with Crippen LogP contribution >= 0.6 is 11.8 Å². The van der Waals surface area contributed by atoms with Crippen molar-refractivity contribution in [3.63, 3.8) is 0 Å². The molecular weight excluding hydrogens is 633 g/mol. The summed E-state index contributed by atoms with van der Waals surface area (Å²) < 4.78 is 7.80. The number of nitrogens with zero attached hydrogens (tertiary/aromatic N) is 1. The second-order valence-corrected chi connectivity index (χ2v) is 12.2. The van der Waals surface area contributed by atoms with Crippen LogP contribution in [0, 0.1) is 0 Å². The van der Waals surface area contributed by atoms with E-state index >= 15 is 0 Å². The highest BCUT2D eigenvalue weighted by Gasteiger charge is 2.16. The molecule has 1 heterocycles. The number of aromatic nitrogens is 1. The minimum absolute atomic E-state index is 0.0782. The topological polar surface area (TPSA) is 101 Å². The zero-order valence-electron chi connectivity index (χ0n) is 27.2. The van der Waals surface area contributed by atoms with Crippen LogP contribution in [0.5, 0.6) is 5.75 Å². The number of hydrogen-bond donors (Lipinski definition) is 3. The van der Waals surface area contributed by atoms with E-state index in [9.17, 15) is 14.4 Å². The van der Waals surface area contributed by atoms with Crippen molar-refractivity contribution >= 4 is 68.7 Å². The van der Waals surface area contributed by atoms with Crippen molar-refractivity contribution in [2.45, 2.75) is 25.3 Å². The number of thioether (sulfide) groups is 1. The molecule has 0 saturated carbocycles. The van der Waals surface area contributed by atoms with Gasteiger partial charge < -0.3 is 25.3 Å². The maximum Gasteiger partial charge on any atom is 0.272 e. The largest absolute Gasteiger partial charge is 0.494 e. The lowest BCUT2D eigenvalue weighted by Crippen LogP contribution is -2.30. The monoisotopic (exact) mass is 668 g/mol. The number of hydrogen-bond acceptors (Lipinski definition) is 5. The Morgan fingerprint density at radius 1 is 0.735 bits per heavy atom. The van der Waals surface area contributed by atoms with Gasteiger partial charge in [0.05, 0.1) is 12.4 Å². The molecule has 0 spiro atoms. The average molecular weight is 669 g/mol. The van der Waals surface area contributed by atoms with Crippen molar-refractivity contribution in [3.05, 3.63) is 138 Å². The van der Waals surface area contributed by atoms with Crippen molar-refractivity contribution in [1.82, 2.24) is 9.88 Å². The van der Waals surface area contributed by atoms with E-state index in [1.54, 1.807) is 42.5 Å². The van der Waals surface area contributed by atoms with Gasteiger partial charge in [-0.2, -0.15) is 0 Å². The minimum atomic E-state index is -0.488. The number of fused-ring (bicyclic) bond motifs is 3. The normalized spacial score (nSPS) is 11.3. The maximum atomic E-state index is 13.5. The molecule has 246 valence electrons. The number of ether oxygens (including phenoxy) is 1. The minimum Gasteiger partial charge on any atom is -0.494 e. The molecule has 0 bridgehead atoms.